The fourth-order valence-corrected chi connectivity index (χ4v) is 3.81. The molecule has 0 atom stereocenters. The van der Waals surface area contributed by atoms with Gasteiger partial charge in [0, 0.05) is 16.7 Å². The molecule has 3 heterocycles. The average molecular weight is 484 g/mol. The minimum Gasteiger partial charge on any atom is -0.265 e. The molecule has 1 aromatic carbocycles. The van der Waals surface area contributed by atoms with Crippen molar-refractivity contribution in [3.05, 3.63) is 74.8 Å². The molecule has 0 fully saturated rings. The maximum absolute atomic E-state index is 13.6. The van der Waals surface area contributed by atoms with Gasteiger partial charge in [0.1, 0.15) is 0 Å². The number of hydrogen-bond donors (Lipinski definition) is 1. The first-order chi connectivity index (χ1) is 14.7. The van der Waals surface area contributed by atoms with Crippen LogP contribution in [-0.2, 0) is 6.18 Å². The summed E-state index contributed by atoms with van der Waals surface area (Å²) in [4.78, 5) is 17.1. The van der Waals surface area contributed by atoms with Gasteiger partial charge in [0.05, 0.1) is 21.8 Å². The van der Waals surface area contributed by atoms with Crippen molar-refractivity contribution in [2.45, 2.75) is 6.18 Å². The van der Waals surface area contributed by atoms with E-state index in [0.29, 0.717) is 25.0 Å². The molecule has 0 radical (unpaired) electrons. The Bertz CT molecular complexity index is 1300. The van der Waals surface area contributed by atoms with Gasteiger partial charge in [-0.3, -0.25) is 4.79 Å². The van der Waals surface area contributed by atoms with Crippen LogP contribution in [0.5, 0.6) is 0 Å². The Hall–Kier alpha value is -2.95. The number of amides is 1. The second-order valence-corrected chi connectivity index (χ2v) is 7.96. The van der Waals surface area contributed by atoms with Crippen molar-refractivity contribution < 1.29 is 18.0 Å². The summed E-state index contributed by atoms with van der Waals surface area (Å²) in [5.74, 6) is -0.808. The number of halogens is 5. The summed E-state index contributed by atoms with van der Waals surface area (Å²) >= 11 is 13.1. The van der Waals surface area contributed by atoms with Gasteiger partial charge in [-0.15, -0.1) is 11.3 Å². The lowest BCUT2D eigenvalue weighted by molar-refractivity contribution is -0.142. The standard InChI is InChI=1S/C19H10Cl2F3N5OS/c20-11-4-3-10(12(21)6-11)9-25-27-18(30)14-8-17-26-13(15-2-1-5-31-15)7-16(19(22,23)24)29(17)28-14/h1-9H,(H,27,30). The van der Waals surface area contributed by atoms with Crippen molar-refractivity contribution in [3.63, 3.8) is 0 Å². The fraction of sp³-hybridized carbons (Fsp3) is 0.0526. The van der Waals surface area contributed by atoms with Gasteiger partial charge in [0.2, 0.25) is 0 Å². The van der Waals surface area contributed by atoms with Crippen LogP contribution in [0, 0.1) is 0 Å². The number of carbonyl (C=O) groups excluding carboxylic acids is 1. The number of aromatic nitrogens is 3. The summed E-state index contributed by atoms with van der Waals surface area (Å²) < 4.78 is 41.3. The van der Waals surface area contributed by atoms with Crippen LogP contribution in [-0.4, -0.2) is 26.7 Å². The van der Waals surface area contributed by atoms with Crippen molar-refractivity contribution in [1.29, 1.82) is 0 Å². The molecule has 0 saturated carbocycles. The monoisotopic (exact) mass is 483 g/mol. The second kappa shape index (κ2) is 8.29. The molecule has 158 valence electrons. The molecular formula is C19H10Cl2F3N5OS. The summed E-state index contributed by atoms with van der Waals surface area (Å²) in [6, 6.07) is 10.1. The van der Waals surface area contributed by atoms with Gasteiger partial charge in [-0.25, -0.2) is 14.9 Å². The van der Waals surface area contributed by atoms with Crippen LogP contribution in [0.3, 0.4) is 0 Å². The maximum Gasteiger partial charge on any atom is 0.433 e. The van der Waals surface area contributed by atoms with E-state index in [1.54, 1.807) is 29.6 Å². The molecule has 0 aliphatic carbocycles. The fourth-order valence-electron chi connectivity index (χ4n) is 2.66. The Balaban J connectivity index is 1.65. The number of nitrogens with one attached hydrogen (secondary N) is 1. The van der Waals surface area contributed by atoms with Crippen LogP contribution in [0.4, 0.5) is 13.2 Å². The summed E-state index contributed by atoms with van der Waals surface area (Å²) in [5.41, 5.74) is 1.39. The Labute approximate surface area is 186 Å². The first kappa shape index (κ1) is 21.3. The highest BCUT2D eigenvalue weighted by Crippen LogP contribution is 2.33. The van der Waals surface area contributed by atoms with Crippen LogP contribution >= 0.6 is 34.5 Å². The molecule has 0 aliphatic rings. The van der Waals surface area contributed by atoms with Gasteiger partial charge >= 0.3 is 6.18 Å². The maximum atomic E-state index is 13.6. The first-order valence-electron chi connectivity index (χ1n) is 8.53. The minimum absolute atomic E-state index is 0.117. The van der Waals surface area contributed by atoms with Gasteiger partial charge in [-0.05, 0) is 29.6 Å². The molecule has 0 spiro atoms. The average Bonchev–Trinajstić information content (AvgIpc) is 3.37. The lowest BCUT2D eigenvalue weighted by Crippen LogP contribution is -2.19. The number of alkyl halides is 3. The number of rotatable bonds is 4. The largest absolute Gasteiger partial charge is 0.433 e. The molecular weight excluding hydrogens is 474 g/mol. The Kier molecular flexibility index (Phi) is 5.69. The van der Waals surface area contributed by atoms with Gasteiger partial charge in [-0.2, -0.15) is 23.4 Å². The molecule has 1 N–H and O–H groups in total. The number of fused-ring (bicyclic) bond motifs is 1. The van der Waals surface area contributed by atoms with Crippen molar-refractivity contribution in [2.75, 3.05) is 0 Å². The lowest BCUT2D eigenvalue weighted by atomic mass is 10.2. The van der Waals surface area contributed by atoms with E-state index in [1.807, 2.05) is 0 Å². The van der Waals surface area contributed by atoms with E-state index in [0.717, 1.165) is 12.1 Å². The van der Waals surface area contributed by atoms with Crippen LogP contribution in [0.1, 0.15) is 21.7 Å². The van der Waals surface area contributed by atoms with Crippen LogP contribution in [0.15, 0.2) is 52.9 Å². The highest BCUT2D eigenvalue weighted by Gasteiger charge is 2.35. The van der Waals surface area contributed by atoms with Crippen molar-refractivity contribution in [3.8, 4) is 10.6 Å². The van der Waals surface area contributed by atoms with Crippen molar-refractivity contribution in [2.24, 2.45) is 5.10 Å². The van der Waals surface area contributed by atoms with Gasteiger partial charge in [0.25, 0.3) is 5.91 Å². The molecule has 6 nitrogen and oxygen atoms in total. The van der Waals surface area contributed by atoms with Gasteiger partial charge in [-0.1, -0.05) is 35.3 Å². The molecule has 0 aliphatic heterocycles. The van der Waals surface area contributed by atoms with Crippen molar-refractivity contribution >= 4 is 52.3 Å². The summed E-state index contributed by atoms with van der Waals surface area (Å²) in [7, 11) is 0. The molecule has 4 aromatic rings. The Morgan fingerprint density at radius 3 is 2.68 bits per heavy atom. The van der Waals surface area contributed by atoms with E-state index >= 15 is 0 Å². The number of thiophene rings is 1. The van der Waals surface area contributed by atoms with Gasteiger partial charge in [0.15, 0.2) is 17.0 Å². The predicted octanol–water partition coefficient (Wildman–Crippen LogP) is 5.55. The molecule has 4 rings (SSSR count). The van der Waals surface area contributed by atoms with E-state index in [9.17, 15) is 18.0 Å². The third kappa shape index (κ3) is 4.55. The second-order valence-electron chi connectivity index (χ2n) is 6.17. The van der Waals surface area contributed by atoms with Crippen LogP contribution < -0.4 is 5.43 Å². The number of carbonyl (C=O) groups is 1. The number of nitrogens with zero attached hydrogens (tertiary/aromatic N) is 4. The minimum atomic E-state index is -4.70. The summed E-state index contributed by atoms with van der Waals surface area (Å²) in [6.45, 7) is 0. The zero-order chi connectivity index (χ0) is 22.2. The number of hydrazone groups is 1. The SMILES string of the molecule is O=C(NN=Cc1ccc(Cl)cc1Cl)c1cc2nc(-c3cccs3)cc(C(F)(F)F)n2n1. The van der Waals surface area contributed by atoms with E-state index < -0.39 is 17.8 Å². The van der Waals surface area contributed by atoms with Crippen LogP contribution in [0.25, 0.3) is 16.2 Å². The quantitative estimate of drug-likeness (QED) is 0.305. The highest BCUT2D eigenvalue weighted by molar-refractivity contribution is 7.13. The van der Waals surface area contributed by atoms with Crippen LogP contribution in [0.2, 0.25) is 10.0 Å². The zero-order valence-electron chi connectivity index (χ0n) is 15.2. The summed E-state index contributed by atoms with van der Waals surface area (Å²) in [6.07, 6.45) is -3.42. The third-order valence-electron chi connectivity index (χ3n) is 4.06. The molecule has 3 aromatic heterocycles. The smallest absolute Gasteiger partial charge is 0.265 e. The first-order valence-corrected chi connectivity index (χ1v) is 10.2. The molecule has 31 heavy (non-hydrogen) atoms. The molecule has 0 bridgehead atoms. The molecule has 0 unspecified atom stereocenters. The van der Waals surface area contributed by atoms with E-state index in [1.165, 1.54) is 23.6 Å². The topological polar surface area (TPSA) is 71.7 Å². The zero-order valence-corrected chi connectivity index (χ0v) is 17.5. The van der Waals surface area contributed by atoms with E-state index in [4.69, 9.17) is 23.2 Å². The summed E-state index contributed by atoms with van der Waals surface area (Å²) in [5, 5.41) is 10.0. The normalized spacial score (nSPS) is 12.0. The number of hydrogen-bond acceptors (Lipinski definition) is 5. The van der Waals surface area contributed by atoms with Crippen molar-refractivity contribution in [1.82, 2.24) is 20.0 Å². The Morgan fingerprint density at radius 1 is 1.19 bits per heavy atom. The predicted molar refractivity (Wildman–Crippen MR) is 113 cm³/mol. The molecule has 0 saturated heterocycles. The number of benzene rings is 1. The lowest BCUT2D eigenvalue weighted by Gasteiger charge is -2.10. The molecule has 12 heteroatoms. The highest BCUT2D eigenvalue weighted by atomic mass is 35.5. The Morgan fingerprint density at radius 2 is 2.00 bits per heavy atom. The third-order valence-corrected chi connectivity index (χ3v) is 5.51. The van der Waals surface area contributed by atoms with E-state index in [-0.39, 0.29) is 17.0 Å². The molecule has 1 amide bonds. The van der Waals surface area contributed by atoms with Gasteiger partial charge < -0.3 is 0 Å². The van der Waals surface area contributed by atoms with E-state index in [2.05, 4.69) is 20.6 Å².